The van der Waals surface area contributed by atoms with Gasteiger partial charge in [-0.3, -0.25) is 0 Å². The molecule has 0 aromatic heterocycles. The third-order valence-corrected chi connectivity index (χ3v) is 3.33. The van der Waals surface area contributed by atoms with Crippen molar-refractivity contribution >= 4 is 0 Å². The molecule has 2 unspecified atom stereocenters. The molecule has 0 spiro atoms. The molecule has 2 fully saturated rings. The first-order chi connectivity index (χ1) is 6.29. The first-order valence-electron chi connectivity index (χ1n) is 5.08. The first-order valence-corrected chi connectivity index (χ1v) is 5.08. The van der Waals surface area contributed by atoms with Crippen LogP contribution in [0.1, 0.15) is 32.1 Å². The maximum Gasteiger partial charge on any atom is 0.0672 e. The van der Waals surface area contributed by atoms with Gasteiger partial charge in [-0.05, 0) is 25.7 Å². The predicted molar refractivity (Wildman–Crippen MR) is 48.9 cm³/mol. The van der Waals surface area contributed by atoms with Crippen LogP contribution in [0.15, 0.2) is 0 Å². The zero-order chi connectivity index (χ0) is 9.31. The van der Waals surface area contributed by atoms with Crippen molar-refractivity contribution in [2.75, 3.05) is 6.61 Å². The Hall–Kier alpha value is -0.590. The summed E-state index contributed by atoms with van der Waals surface area (Å²) >= 11 is 0. The van der Waals surface area contributed by atoms with E-state index in [9.17, 15) is 0 Å². The fraction of sp³-hybridized carbons (Fsp3) is 0.900. The summed E-state index contributed by atoms with van der Waals surface area (Å²) in [6, 6.07) is 2.68. The molecule has 0 amide bonds. The van der Waals surface area contributed by atoms with Crippen molar-refractivity contribution < 1.29 is 5.11 Å². The third kappa shape index (κ3) is 1.70. The number of nitrogens with one attached hydrogen (secondary N) is 1. The Labute approximate surface area is 78.7 Å². The molecule has 2 aliphatic rings. The second-order valence-corrected chi connectivity index (χ2v) is 4.36. The molecule has 13 heavy (non-hydrogen) atoms. The average Bonchev–Trinajstić information content (AvgIpc) is 2.78. The maximum absolute atomic E-state index is 9.13. The van der Waals surface area contributed by atoms with Gasteiger partial charge in [0.15, 0.2) is 0 Å². The van der Waals surface area contributed by atoms with Crippen LogP contribution in [0.25, 0.3) is 0 Å². The standard InChI is InChI=1S/C10H16N2O/c11-6-8-2-1-3-9(8)12-10(7-13)4-5-10/h8-9,12-13H,1-5,7H2. The summed E-state index contributed by atoms with van der Waals surface area (Å²) in [4.78, 5) is 0. The summed E-state index contributed by atoms with van der Waals surface area (Å²) in [6.07, 6.45) is 5.41. The fourth-order valence-electron chi connectivity index (χ4n) is 2.18. The van der Waals surface area contributed by atoms with E-state index in [-0.39, 0.29) is 18.1 Å². The fourth-order valence-corrected chi connectivity index (χ4v) is 2.18. The Balaban J connectivity index is 1.91. The van der Waals surface area contributed by atoms with Gasteiger partial charge in [0.25, 0.3) is 0 Å². The Bertz CT molecular complexity index is 230. The van der Waals surface area contributed by atoms with Gasteiger partial charge in [-0.2, -0.15) is 5.26 Å². The lowest BCUT2D eigenvalue weighted by molar-refractivity contribution is 0.213. The molecule has 3 heteroatoms. The van der Waals surface area contributed by atoms with E-state index in [1.807, 2.05) is 0 Å². The van der Waals surface area contributed by atoms with E-state index in [0.717, 1.165) is 32.1 Å². The van der Waals surface area contributed by atoms with Crippen molar-refractivity contribution in [2.24, 2.45) is 5.92 Å². The topological polar surface area (TPSA) is 56.0 Å². The van der Waals surface area contributed by atoms with E-state index in [2.05, 4.69) is 11.4 Å². The molecule has 2 saturated carbocycles. The highest BCUT2D eigenvalue weighted by molar-refractivity contribution is 5.07. The Morgan fingerprint density at radius 3 is 2.77 bits per heavy atom. The van der Waals surface area contributed by atoms with E-state index in [4.69, 9.17) is 10.4 Å². The maximum atomic E-state index is 9.13. The molecular weight excluding hydrogens is 164 g/mol. The highest BCUT2D eigenvalue weighted by Gasteiger charge is 2.45. The van der Waals surface area contributed by atoms with Crippen LogP contribution in [0, 0.1) is 17.2 Å². The zero-order valence-electron chi connectivity index (χ0n) is 7.79. The number of hydrogen-bond acceptors (Lipinski definition) is 3. The molecule has 0 saturated heterocycles. The van der Waals surface area contributed by atoms with Gasteiger partial charge in [0.2, 0.25) is 0 Å². The van der Waals surface area contributed by atoms with Gasteiger partial charge in [0.05, 0.1) is 18.6 Å². The van der Waals surface area contributed by atoms with Crippen LogP contribution in [-0.4, -0.2) is 23.3 Å². The lowest BCUT2D eigenvalue weighted by atomic mass is 10.0. The summed E-state index contributed by atoms with van der Waals surface area (Å²) in [5.74, 6) is 0.170. The van der Waals surface area contributed by atoms with Crippen LogP contribution in [-0.2, 0) is 0 Å². The van der Waals surface area contributed by atoms with Crippen molar-refractivity contribution in [3.8, 4) is 6.07 Å². The quantitative estimate of drug-likeness (QED) is 0.675. The third-order valence-electron chi connectivity index (χ3n) is 3.33. The summed E-state index contributed by atoms with van der Waals surface area (Å²) in [6.45, 7) is 0.224. The second kappa shape index (κ2) is 3.28. The van der Waals surface area contributed by atoms with Crippen LogP contribution in [0.5, 0.6) is 0 Å². The van der Waals surface area contributed by atoms with Crippen molar-refractivity contribution in [3.05, 3.63) is 0 Å². The second-order valence-electron chi connectivity index (χ2n) is 4.36. The van der Waals surface area contributed by atoms with Crippen LogP contribution >= 0.6 is 0 Å². The number of nitriles is 1. The van der Waals surface area contributed by atoms with Crippen molar-refractivity contribution in [1.29, 1.82) is 5.26 Å². The minimum absolute atomic E-state index is 0.00981. The lowest BCUT2D eigenvalue weighted by Gasteiger charge is -2.22. The summed E-state index contributed by atoms with van der Waals surface area (Å²) < 4.78 is 0. The van der Waals surface area contributed by atoms with Gasteiger partial charge in [0.1, 0.15) is 0 Å². The lowest BCUT2D eigenvalue weighted by Crippen LogP contribution is -2.44. The SMILES string of the molecule is N#CC1CCCC1NC1(CO)CC1. The van der Waals surface area contributed by atoms with E-state index >= 15 is 0 Å². The first kappa shape index (κ1) is 8.98. The molecule has 2 atom stereocenters. The highest BCUT2D eigenvalue weighted by Crippen LogP contribution is 2.38. The van der Waals surface area contributed by atoms with Gasteiger partial charge in [0, 0.05) is 11.6 Å². The number of aliphatic hydroxyl groups is 1. The Morgan fingerprint density at radius 2 is 2.23 bits per heavy atom. The minimum atomic E-state index is -0.00981. The number of rotatable bonds is 3. The molecule has 0 aromatic rings. The monoisotopic (exact) mass is 180 g/mol. The number of hydrogen-bond donors (Lipinski definition) is 2. The van der Waals surface area contributed by atoms with Crippen molar-refractivity contribution in [1.82, 2.24) is 5.32 Å². The number of aliphatic hydroxyl groups excluding tert-OH is 1. The molecule has 0 bridgehead atoms. The molecule has 2 rings (SSSR count). The number of nitrogens with zero attached hydrogens (tertiary/aromatic N) is 1. The largest absolute Gasteiger partial charge is 0.394 e. The highest BCUT2D eigenvalue weighted by atomic mass is 16.3. The molecule has 0 aromatic carbocycles. The van der Waals surface area contributed by atoms with Gasteiger partial charge in [-0.1, -0.05) is 6.42 Å². The van der Waals surface area contributed by atoms with Crippen LogP contribution in [0.2, 0.25) is 0 Å². The van der Waals surface area contributed by atoms with E-state index in [1.165, 1.54) is 0 Å². The van der Waals surface area contributed by atoms with Gasteiger partial charge in [-0.15, -0.1) is 0 Å². The Morgan fingerprint density at radius 1 is 1.46 bits per heavy atom. The Kier molecular flexibility index (Phi) is 2.27. The molecule has 2 aliphatic carbocycles. The normalized spacial score (nSPS) is 35.7. The average molecular weight is 180 g/mol. The molecule has 0 heterocycles. The minimum Gasteiger partial charge on any atom is -0.394 e. The summed E-state index contributed by atoms with van der Waals surface area (Å²) in [5, 5.41) is 21.4. The molecule has 0 radical (unpaired) electrons. The van der Waals surface area contributed by atoms with Crippen LogP contribution in [0.4, 0.5) is 0 Å². The molecule has 72 valence electrons. The van der Waals surface area contributed by atoms with Crippen molar-refractivity contribution in [2.45, 2.75) is 43.7 Å². The smallest absolute Gasteiger partial charge is 0.0672 e. The van der Waals surface area contributed by atoms with Crippen LogP contribution < -0.4 is 5.32 Å². The molecule has 2 N–H and O–H groups in total. The molecule has 3 nitrogen and oxygen atoms in total. The van der Waals surface area contributed by atoms with E-state index < -0.39 is 0 Å². The summed E-state index contributed by atoms with van der Waals surface area (Å²) in [7, 11) is 0. The van der Waals surface area contributed by atoms with Gasteiger partial charge >= 0.3 is 0 Å². The van der Waals surface area contributed by atoms with E-state index in [1.54, 1.807) is 0 Å². The van der Waals surface area contributed by atoms with E-state index in [0.29, 0.717) is 6.04 Å². The zero-order valence-corrected chi connectivity index (χ0v) is 7.79. The van der Waals surface area contributed by atoms with Gasteiger partial charge in [-0.25, -0.2) is 0 Å². The van der Waals surface area contributed by atoms with Crippen molar-refractivity contribution in [3.63, 3.8) is 0 Å². The van der Waals surface area contributed by atoms with Crippen LogP contribution in [0.3, 0.4) is 0 Å². The summed E-state index contributed by atoms with van der Waals surface area (Å²) in [5.41, 5.74) is -0.00981. The predicted octanol–water partition coefficient (Wildman–Crippen LogP) is 0.793. The molecular formula is C10H16N2O. The van der Waals surface area contributed by atoms with Gasteiger partial charge < -0.3 is 10.4 Å². The molecule has 0 aliphatic heterocycles.